The van der Waals surface area contributed by atoms with Gasteiger partial charge in [-0.05, 0) is 57.4 Å². The van der Waals surface area contributed by atoms with E-state index < -0.39 is 0 Å². The van der Waals surface area contributed by atoms with Crippen LogP contribution < -0.4 is 10.6 Å². The van der Waals surface area contributed by atoms with Gasteiger partial charge < -0.3 is 10.6 Å². The molecule has 108 valence electrons. The summed E-state index contributed by atoms with van der Waals surface area (Å²) >= 11 is 0. The largest absolute Gasteiger partial charge is 0.350 e. The molecule has 4 aliphatic carbocycles. The number of carbonyl (C=O) groups excluding carboxylic acids is 1. The number of rotatable bonds is 2. The third kappa shape index (κ3) is 2.20. The number of hydrogen-bond acceptors (Lipinski definition) is 2. The standard InChI is InChI=1S/C16H28N2O/c1-14(2,3)13(19)18-16-8-11-5-12(9-16)7-15(6-11,10-16)17-4/h11-12,17H,5-10H2,1-4H3,(H,18,19). The Morgan fingerprint density at radius 3 is 2.05 bits per heavy atom. The van der Waals surface area contributed by atoms with Gasteiger partial charge in [-0.25, -0.2) is 0 Å². The molecule has 0 spiro atoms. The lowest BCUT2D eigenvalue weighted by molar-refractivity contribution is -0.135. The fraction of sp³-hybridized carbons (Fsp3) is 0.938. The van der Waals surface area contributed by atoms with Crippen LogP contribution in [0.4, 0.5) is 0 Å². The highest BCUT2D eigenvalue weighted by atomic mass is 16.2. The second kappa shape index (κ2) is 3.97. The molecule has 4 saturated carbocycles. The van der Waals surface area contributed by atoms with Gasteiger partial charge in [-0.15, -0.1) is 0 Å². The van der Waals surface area contributed by atoms with Crippen LogP contribution in [0.15, 0.2) is 0 Å². The molecule has 2 atom stereocenters. The first-order chi connectivity index (χ1) is 8.76. The van der Waals surface area contributed by atoms with Gasteiger partial charge in [0, 0.05) is 16.5 Å². The molecule has 0 radical (unpaired) electrons. The Bertz CT molecular complexity index is 382. The van der Waals surface area contributed by atoms with Gasteiger partial charge in [0.1, 0.15) is 0 Å². The minimum Gasteiger partial charge on any atom is -0.350 e. The maximum Gasteiger partial charge on any atom is 0.225 e. The predicted octanol–water partition coefficient (Wildman–Crippen LogP) is 2.46. The minimum atomic E-state index is -0.282. The molecular formula is C16H28N2O. The Morgan fingerprint density at radius 1 is 1.05 bits per heavy atom. The Morgan fingerprint density at radius 2 is 1.58 bits per heavy atom. The first kappa shape index (κ1) is 13.4. The number of carbonyl (C=O) groups is 1. The summed E-state index contributed by atoms with van der Waals surface area (Å²) in [6.07, 6.45) is 7.55. The van der Waals surface area contributed by atoms with Gasteiger partial charge in [0.15, 0.2) is 0 Å². The van der Waals surface area contributed by atoms with Crippen molar-refractivity contribution in [2.24, 2.45) is 17.3 Å². The number of nitrogens with one attached hydrogen (secondary N) is 2. The first-order valence-corrected chi connectivity index (χ1v) is 7.77. The van der Waals surface area contributed by atoms with E-state index in [4.69, 9.17) is 0 Å². The van der Waals surface area contributed by atoms with Gasteiger partial charge in [-0.2, -0.15) is 0 Å². The molecule has 4 aliphatic rings. The van der Waals surface area contributed by atoms with Crippen molar-refractivity contribution in [2.75, 3.05) is 7.05 Å². The number of hydrogen-bond donors (Lipinski definition) is 2. The van der Waals surface area contributed by atoms with E-state index in [0.717, 1.165) is 18.3 Å². The lowest BCUT2D eigenvalue weighted by Crippen LogP contribution is -2.69. The average molecular weight is 264 g/mol. The monoisotopic (exact) mass is 264 g/mol. The van der Waals surface area contributed by atoms with Gasteiger partial charge in [0.05, 0.1) is 0 Å². The molecule has 0 heterocycles. The van der Waals surface area contributed by atoms with Crippen molar-refractivity contribution in [1.29, 1.82) is 0 Å². The first-order valence-electron chi connectivity index (χ1n) is 7.77. The average Bonchev–Trinajstić information content (AvgIpc) is 2.25. The number of amides is 1. The van der Waals surface area contributed by atoms with Crippen LogP contribution >= 0.6 is 0 Å². The third-order valence-corrected chi connectivity index (χ3v) is 5.65. The van der Waals surface area contributed by atoms with Crippen molar-refractivity contribution in [3.05, 3.63) is 0 Å². The third-order valence-electron chi connectivity index (χ3n) is 5.65. The molecule has 1 amide bonds. The van der Waals surface area contributed by atoms with Gasteiger partial charge in [0.25, 0.3) is 0 Å². The Balaban J connectivity index is 1.83. The second-order valence-corrected chi connectivity index (χ2v) is 8.48. The minimum absolute atomic E-state index is 0.0808. The molecule has 0 aliphatic heterocycles. The van der Waals surface area contributed by atoms with Crippen LogP contribution in [0.5, 0.6) is 0 Å². The Kier molecular flexibility index (Phi) is 2.80. The van der Waals surface area contributed by atoms with Crippen LogP contribution in [0.1, 0.15) is 59.3 Å². The van der Waals surface area contributed by atoms with Crippen molar-refractivity contribution in [1.82, 2.24) is 10.6 Å². The Labute approximate surface area is 116 Å². The summed E-state index contributed by atoms with van der Waals surface area (Å²) in [5.74, 6) is 1.85. The van der Waals surface area contributed by atoms with Crippen LogP contribution in [-0.2, 0) is 4.79 Å². The van der Waals surface area contributed by atoms with Gasteiger partial charge in [-0.3, -0.25) is 4.79 Å². The molecule has 3 nitrogen and oxygen atoms in total. The summed E-state index contributed by atoms with van der Waals surface area (Å²) in [6, 6.07) is 0. The van der Waals surface area contributed by atoms with Crippen LogP contribution in [0.2, 0.25) is 0 Å². The normalized spacial score (nSPS) is 44.4. The molecule has 0 saturated heterocycles. The van der Waals surface area contributed by atoms with Gasteiger partial charge in [0.2, 0.25) is 5.91 Å². The van der Waals surface area contributed by atoms with E-state index in [2.05, 4.69) is 17.7 Å². The lowest BCUT2D eigenvalue weighted by atomic mass is 9.50. The lowest BCUT2D eigenvalue weighted by Gasteiger charge is -2.62. The highest BCUT2D eigenvalue weighted by molar-refractivity contribution is 5.82. The summed E-state index contributed by atoms with van der Waals surface area (Å²) in [4.78, 5) is 12.4. The Hall–Kier alpha value is -0.570. The SMILES string of the molecule is CNC12CC3CC(C1)CC(NC(=O)C(C)(C)C)(C3)C2. The molecule has 4 rings (SSSR count). The van der Waals surface area contributed by atoms with Crippen molar-refractivity contribution in [2.45, 2.75) is 70.4 Å². The maximum atomic E-state index is 12.4. The highest BCUT2D eigenvalue weighted by Gasteiger charge is 2.57. The van der Waals surface area contributed by atoms with Crippen LogP contribution in [0.3, 0.4) is 0 Å². The van der Waals surface area contributed by atoms with Gasteiger partial charge >= 0.3 is 0 Å². The predicted molar refractivity (Wildman–Crippen MR) is 76.8 cm³/mol. The van der Waals surface area contributed by atoms with Crippen LogP contribution in [0, 0.1) is 17.3 Å². The molecule has 4 fully saturated rings. The fourth-order valence-electron chi connectivity index (χ4n) is 5.13. The molecule has 3 heteroatoms. The summed E-state index contributed by atoms with van der Waals surface area (Å²) in [7, 11) is 2.10. The van der Waals surface area contributed by atoms with Crippen LogP contribution in [0.25, 0.3) is 0 Å². The van der Waals surface area contributed by atoms with E-state index in [9.17, 15) is 4.79 Å². The van der Waals surface area contributed by atoms with Crippen LogP contribution in [-0.4, -0.2) is 24.0 Å². The molecule has 2 N–H and O–H groups in total. The zero-order chi connectivity index (χ0) is 13.9. The topological polar surface area (TPSA) is 41.1 Å². The highest BCUT2D eigenvalue weighted by Crippen LogP contribution is 2.57. The smallest absolute Gasteiger partial charge is 0.225 e. The van der Waals surface area contributed by atoms with E-state index in [-0.39, 0.29) is 16.9 Å². The van der Waals surface area contributed by atoms with Crippen molar-refractivity contribution < 1.29 is 4.79 Å². The van der Waals surface area contributed by atoms with Crippen molar-refractivity contribution >= 4 is 5.91 Å². The molecule has 2 unspecified atom stereocenters. The summed E-state index contributed by atoms with van der Waals surface area (Å²) in [5, 5.41) is 7.04. The van der Waals surface area contributed by atoms with E-state index in [1.54, 1.807) is 0 Å². The van der Waals surface area contributed by atoms with E-state index in [1.807, 2.05) is 20.8 Å². The molecule has 0 aromatic rings. The van der Waals surface area contributed by atoms with E-state index in [0.29, 0.717) is 5.54 Å². The molecule has 0 aromatic carbocycles. The molecule has 0 aromatic heterocycles. The fourth-order valence-corrected chi connectivity index (χ4v) is 5.13. The zero-order valence-electron chi connectivity index (χ0n) is 12.8. The van der Waals surface area contributed by atoms with Gasteiger partial charge in [-0.1, -0.05) is 20.8 Å². The summed E-state index contributed by atoms with van der Waals surface area (Å²) < 4.78 is 0. The second-order valence-electron chi connectivity index (χ2n) is 8.48. The molecule has 4 bridgehead atoms. The van der Waals surface area contributed by atoms with Crippen molar-refractivity contribution in [3.63, 3.8) is 0 Å². The molecular weight excluding hydrogens is 236 g/mol. The quantitative estimate of drug-likeness (QED) is 0.804. The summed E-state index contributed by atoms with van der Waals surface area (Å²) in [6.45, 7) is 6.03. The maximum absolute atomic E-state index is 12.4. The molecule has 19 heavy (non-hydrogen) atoms. The zero-order valence-corrected chi connectivity index (χ0v) is 12.8. The summed E-state index contributed by atoms with van der Waals surface area (Å²) in [5.41, 5.74) is 0.100. The van der Waals surface area contributed by atoms with E-state index >= 15 is 0 Å². The van der Waals surface area contributed by atoms with E-state index in [1.165, 1.54) is 32.1 Å². The van der Waals surface area contributed by atoms with Crippen molar-refractivity contribution in [3.8, 4) is 0 Å².